The molecule has 71 heavy (non-hydrogen) atoms. The summed E-state index contributed by atoms with van der Waals surface area (Å²) in [5.74, 6) is 0. The van der Waals surface area contributed by atoms with Gasteiger partial charge in [0.25, 0.3) is 0 Å². The van der Waals surface area contributed by atoms with Crippen LogP contribution in [0.5, 0.6) is 0 Å². The van der Waals surface area contributed by atoms with E-state index in [1.165, 1.54) is 104 Å². The van der Waals surface area contributed by atoms with Crippen molar-refractivity contribution in [3.63, 3.8) is 0 Å². The normalized spacial score (nSPS) is 12.2. The van der Waals surface area contributed by atoms with Gasteiger partial charge in [0.1, 0.15) is 0 Å². The minimum Gasteiger partial charge on any atom is -0.341 e. The van der Waals surface area contributed by atoms with Crippen molar-refractivity contribution in [2.75, 3.05) is 0 Å². The number of aryl methyl sites for hydroxylation is 1. The second-order valence-corrected chi connectivity index (χ2v) is 18.5. The number of fused-ring (bicyclic) bond motifs is 9. The Morgan fingerprint density at radius 3 is 0.972 bits per heavy atom. The maximum Gasteiger partial charge on any atom is 0.0534 e. The average Bonchev–Trinajstić information content (AvgIpc) is 4.06. The van der Waals surface area contributed by atoms with Crippen molar-refractivity contribution in [2.24, 2.45) is 0 Å². The number of benzene rings is 10. The van der Waals surface area contributed by atoms with Gasteiger partial charge in [-0.05, 0) is 129 Å². The summed E-state index contributed by atoms with van der Waals surface area (Å²) in [4.78, 5) is 0. The van der Waals surface area contributed by atoms with Gasteiger partial charge in [0.2, 0.25) is 0 Å². The maximum absolute atomic E-state index is 2.41. The number of hydrogen-bond donors (Lipinski definition) is 0. The molecule has 336 valence electrons. The SMILES string of the molecule is CCn1c2ccccc2c2ccc(/C=C/c3ccc(-c4cc(-c5ccc(/C=C\n6c7ccccc7c7ccccc76)cc5)cc(-c5ccc(/C=C/n6c7ccccc7c7ccccc76)cc5)c4)cc3)cc21. The van der Waals surface area contributed by atoms with E-state index in [0.717, 1.165) is 23.2 Å². The third kappa shape index (κ3) is 7.65. The lowest BCUT2D eigenvalue weighted by Crippen LogP contribution is -1.92. The molecule has 0 aliphatic carbocycles. The van der Waals surface area contributed by atoms with Gasteiger partial charge in [-0.3, -0.25) is 0 Å². The molecule has 0 fully saturated rings. The third-order valence-corrected chi connectivity index (χ3v) is 14.3. The number of nitrogens with zero attached hydrogens (tertiary/aromatic N) is 3. The molecular weight excluding hydrogens is 859 g/mol. The Kier molecular flexibility index (Phi) is 10.5. The first-order valence-corrected chi connectivity index (χ1v) is 24.6. The van der Waals surface area contributed by atoms with E-state index < -0.39 is 0 Å². The smallest absolute Gasteiger partial charge is 0.0534 e. The number of rotatable bonds is 10. The summed E-state index contributed by atoms with van der Waals surface area (Å²) in [6, 6.07) is 84.0. The summed E-state index contributed by atoms with van der Waals surface area (Å²) >= 11 is 0. The van der Waals surface area contributed by atoms with Crippen LogP contribution in [-0.2, 0) is 6.54 Å². The Morgan fingerprint density at radius 2 is 0.577 bits per heavy atom. The fraction of sp³-hybridized carbons (Fsp3) is 0.0294. The number of para-hydroxylation sites is 5. The molecule has 3 heterocycles. The van der Waals surface area contributed by atoms with E-state index >= 15 is 0 Å². The lowest BCUT2D eigenvalue weighted by Gasteiger charge is -2.12. The summed E-state index contributed by atoms with van der Waals surface area (Å²) in [6.45, 7) is 3.16. The standard InChI is InChI=1S/C68H49N3/c1-2-69-63-18-8-3-17-61(63)62-38-31-50(43-68(62)69)24-23-47-25-32-51(33-26-47)54-44-55(52-34-27-48(28-35-52)39-41-70-64-19-9-4-13-57(64)58-14-5-10-20-65(58)70)46-56(45-54)53-36-29-49(30-37-53)40-42-71-66-21-11-6-15-59(66)60-16-7-12-22-67(60)71/h3-46H,2H2,1H3/b24-23+,41-39-,42-40+. The second-order valence-electron chi connectivity index (χ2n) is 18.5. The third-order valence-electron chi connectivity index (χ3n) is 14.3. The Morgan fingerprint density at radius 1 is 0.268 bits per heavy atom. The van der Waals surface area contributed by atoms with Gasteiger partial charge in [0.15, 0.2) is 0 Å². The van der Waals surface area contributed by atoms with Crippen molar-refractivity contribution >= 4 is 102 Å². The fourth-order valence-electron chi connectivity index (χ4n) is 10.7. The van der Waals surface area contributed by atoms with E-state index in [9.17, 15) is 0 Å². The highest BCUT2D eigenvalue weighted by atomic mass is 15.0. The van der Waals surface area contributed by atoms with Crippen LogP contribution in [0, 0.1) is 0 Å². The molecule has 13 rings (SSSR count). The Labute approximate surface area is 413 Å². The summed E-state index contributed by atoms with van der Waals surface area (Å²) in [5, 5.41) is 7.67. The second kappa shape index (κ2) is 17.7. The predicted molar refractivity (Wildman–Crippen MR) is 306 cm³/mol. The molecule has 0 saturated heterocycles. The molecule has 0 bridgehead atoms. The van der Waals surface area contributed by atoms with Gasteiger partial charge in [-0.25, -0.2) is 0 Å². The summed E-state index contributed by atoms with van der Waals surface area (Å²) in [5.41, 5.74) is 19.1. The van der Waals surface area contributed by atoms with Crippen molar-refractivity contribution in [3.8, 4) is 33.4 Å². The molecule has 3 heteroatoms. The Balaban J connectivity index is 0.823. The van der Waals surface area contributed by atoms with E-state index in [1.807, 2.05) is 0 Å². The molecule has 0 radical (unpaired) electrons. The quantitative estimate of drug-likeness (QED) is 0.121. The maximum atomic E-state index is 2.41. The summed E-state index contributed by atoms with van der Waals surface area (Å²) in [7, 11) is 0. The molecule has 0 unspecified atom stereocenters. The van der Waals surface area contributed by atoms with Gasteiger partial charge in [-0.2, -0.15) is 0 Å². The summed E-state index contributed by atoms with van der Waals surface area (Å²) in [6.07, 6.45) is 13.3. The van der Waals surface area contributed by atoms with Gasteiger partial charge in [-0.15, -0.1) is 0 Å². The zero-order valence-electron chi connectivity index (χ0n) is 39.5. The molecular formula is C68H49N3. The van der Waals surface area contributed by atoms with Gasteiger partial charge in [0.05, 0.1) is 22.1 Å². The molecule has 0 amide bonds. The average molecular weight is 908 g/mol. The van der Waals surface area contributed by atoms with Crippen LogP contribution in [0.1, 0.15) is 29.2 Å². The minimum absolute atomic E-state index is 0.932. The van der Waals surface area contributed by atoms with Gasteiger partial charge in [-0.1, -0.05) is 188 Å². The molecule has 10 aromatic carbocycles. The molecule has 3 nitrogen and oxygen atoms in total. The predicted octanol–water partition coefficient (Wildman–Crippen LogP) is 18.5. The lowest BCUT2D eigenvalue weighted by atomic mass is 9.92. The van der Waals surface area contributed by atoms with E-state index in [4.69, 9.17) is 0 Å². The van der Waals surface area contributed by atoms with Crippen LogP contribution in [0.25, 0.3) is 136 Å². The largest absolute Gasteiger partial charge is 0.341 e. The molecule has 0 aliphatic heterocycles. The highest BCUT2D eigenvalue weighted by Crippen LogP contribution is 2.36. The molecule has 0 saturated carbocycles. The molecule has 0 aliphatic rings. The first-order valence-electron chi connectivity index (χ1n) is 24.6. The number of aromatic nitrogens is 3. The number of hydrogen-bond acceptors (Lipinski definition) is 0. The topological polar surface area (TPSA) is 14.8 Å². The first kappa shape index (κ1) is 42.0. The first-order chi connectivity index (χ1) is 35.1. The molecule has 13 aromatic rings. The zero-order chi connectivity index (χ0) is 47.3. The summed E-state index contributed by atoms with van der Waals surface area (Å²) < 4.78 is 7.01. The van der Waals surface area contributed by atoms with Crippen molar-refractivity contribution in [1.29, 1.82) is 0 Å². The van der Waals surface area contributed by atoms with Crippen LogP contribution in [-0.4, -0.2) is 13.7 Å². The van der Waals surface area contributed by atoms with Crippen LogP contribution in [0.15, 0.2) is 231 Å². The van der Waals surface area contributed by atoms with Crippen molar-refractivity contribution in [2.45, 2.75) is 13.5 Å². The van der Waals surface area contributed by atoms with Crippen LogP contribution in [0.2, 0.25) is 0 Å². The fourth-order valence-corrected chi connectivity index (χ4v) is 10.7. The van der Waals surface area contributed by atoms with Crippen molar-refractivity contribution in [3.05, 3.63) is 253 Å². The lowest BCUT2D eigenvalue weighted by molar-refractivity contribution is 0.827. The minimum atomic E-state index is 0.932. The van der Waals surface area contributed by atoms with Crippen molar-refractivity contribution < 1.29 is 0 Å². The van der Waals surface area contributed by atoms with Crippen LogP contribution < -0.4 is 0 Å². The highest BCUT2D eigenvalue weighted by molar-refractivity contribution is 6.11. The molecule has 0 N–H and O–H groups in total. The van der Waals surface area contributed by atoms with Gasteiger partial charge < -0.3 is 13.7 Å². The van der Waals surface area contributed by atoms with Crippen LogP contribution in [0.3, 0.4) is 0 Å². The van der Waals surface area contributed by atoms with E-state index in [2.05, 4.69) is 288 Å². The van der Waals surface area contributed by atoms with Gasteiger partial charge >= 0.3 is 0 Å². The highest BCUT2D eigenvalue weighted by Gasteiger charge is 2.13. The van der Waals surface area contributed by atoms with Crippen LogP contribution >= 0.6 is 0 Å². The van der Waals surface area contributed by atoms with E-state index in [0.29, 0.717) is 0 Å². The van der Waals surface area contributed by atoms with Crippen LogP contribution in [0.4, 0.5) is 0 Å². The zero-order valence-corrected chi connectivity index (χ0v) is 39.5. The Hall–Kier alpha value is -9.18. The monoisotopic (exact) mass is 907 g/mol. The van der Waals surface area contributed by atoms with Gasteiger partial charge in [0, 0.05) is 62.3 Å². The Bertz CT molecular complexity index is 3930. The molecule has 0 spiro atoms. The van der Waals surface area contributed by atoms with E-state index in [-0.39, 0.29) is 0 Å². The van der Waals surface area contributed by atoms with E-state index in [1.54, 1.807) is 0 Å². The van der Waals surface area contributed by atoms with Crippen molar-refractivity contribution in [1.82, 2.24) is 13.7 Å². The molecule has 0 atom stereocenters. The molecule has 3 aromatic heterocycles.